The van der Waals surface area contributed by atoms with Gasteiger partial charge >= 0.3 is 0 Å². The normalized spacial score (nSPS) is 13.4. The summed E-state index contributed by atoms with van der Waals surface area (Å²) in [7, 11) is 0. The van der Waals surface area contributed by atoms with Crippen molar-refractivity contribution in [1.29, 1.82) is 5.26 Å². The van der Waals surface area contributed by atoms with Crippen molar-refractivity contribution in [2.45, 2.75) is 19.1 Å². The van der Waals surface area contributed by atoms with Crippen LogP contribution in [0.15, 0.2) is 42.5 Å². The molecule has 0 aromatic heterocycles. The molecule has 0 saturated heterocycles. The Hall–Kier alpha value is -2.29. The standard InChI is InChI=1S/C17H16F2N2O/c1-11(15-7-2-12(9-20)8-16(15)19)21-10-17(22)13-3-5-14(18)6-4-13/h2-8,11,17,21-22H,10H2,1H3. The third kappa shape index (κ3) is 3.88. The lowest BCUT2D eigenvalue weighted by Crippen LogP contribution is -2.25. The lowest BCUT2D eigenvalue weighted by atomic mass is 10.0. The number of benzene rings is 2. The van der Waals surface area contributed by atoms with Crippen LogP contribution in [-0.2, 0) is 0 Å². The van der Waals surface area contributed by atoms with Crippen LogP contribution in [0, 0.1) is 23.0 Å². The molecule has 0 aliphatic heterocycles. The Morgan fingerprint density at radius 1 is 1.18 bits per heavy atom. The topological polar surface area (TPSA) is 56.0 Å². The van der Waals surface area contributed by atoms with Crippen LogP contribution in [0.5, 0.6) is 0 Å². The van der Waals surface area contributed by atoms with E-state index in [1.165, 1.54) is 30.3 Å². The van der Waals surface area contributed by atoms with E-state index in [0.717, 1.165) is 0 Å². The van der Waals surface area contributed by atoms with Crippen LogP contribution < -0.4 is 5.32 Å². The number of nitrogens with one attached hydrogen (secondary N) is 1. The summed E-state index contributed by atoms with van der Waals surface area (Å²) in [6, 6.07) is 11.4. The quantitative estimate of drug-likeness (QED) is 0.891. The molecule has 0 spiro atoms. The first-order valence-corrected chi connectivity index (χ1v) is 6.87. The molecule has 2 atom stereocenters. The lowest BCUT2D eigenvalue weighted by molar-refractivity contribution is 0.170. The molecule has 2 aromatic carbocycles. The van der Waals surface area contributed by atoms with Gasteiger partial charge in [0.15, 0.2) is 0 Å². The number of hydrogen-bond acceptors (Lipinski definition) is 3. The molecule has 22 heavy (non-hydrogen) atoms. The third-order valence-corrected chi connectivity index (χ3v) is 3.47. The summed E-state index contributed by atoms with van der Waals surface area (Å²) in [6.45, 7) is 1.97. The molecular weight excluding hydrogens is 286 g/mol. The van der Waals surface area contributed by atoms with E-state index in [4.69, 9.17) is 5.26 Å². The first kappa shape index (κ1) is 16.1. The summed E-state index contributed by atoms with van der Waals surface area (Å²) in [6.07, 6.45) is -0.815. The molecule has 0 amide bonds. The monoisotopic (exact) mass is 302 g/mol. The van der Waals surface area contributed by atoms with Gasteiger partial charge in [0.1, 0.15) is 11.6 Å². The summed E-state index contributed by atoms with van der Waals surface area (Å²) in [5.74, 6) is -0.827. The zero-order valence-electron chi connectivity index (χ0n) is 12.1. The lowest BCUT2D eigenvalue weighted by Gasteiger charge is -2.18. The molecule has 2 rings (SSSR count). The van der Waals surface area contributed by atoms with Crippen molar-refractivity contribution in [3.8, 4) is 6.07 Å². The molecule has 2 unspecified atom stereocenters. The first-order chi connectivity index (χ1) is 10.5. The highest BCUT2D eigenvalue weighted by Gasteiger charge is 2.14. The summed E-state index contributed by atoms with van der Waals surface area (Å²) >= 11 is 0. The van der Waals surface area contributed by atoms with Crippen LogP contribution in [-0.4, -0.2) is 11.7 Å². The molecule has 0 saturated carbocycles. The average molecular weight is 302 g/mol. The van der Waals surface area contributed by atoms with Crippen molar-refractivity contribution in [3.63, 3.8) is 0 Å². The number of nitriles is 1. The van der Waals surface area contributed by atoms with Crippen LogP contribution >= 0.6 is 0 Å². The smallest absolute Gasteiger partial charge is 0.129 e. The first-order valence-electron chi connectivity index (χ1n) is 6.87. The van der Waals surface area contributed by atoms with Gasteiger partial charge < -0.3 is 10.4 Å². The zero-order valence-corrected chi connectivity index (χ0v) is 12.1. The Kier molecular flexibility index (Phi) is 5.21. The number of nitrogens with zero attached hydrogens (tertiary/aromatic N) is 1. The molecule has 3 nitrogen and oxygen atoms in total. The fourth-order valence-corrected chi connectivity index (χ4v) is 2.15. The van der Waals surface area contributed by atoms with E-state index in [9.17, 15) is 13.9 Å². The minimum Gasteiger partial charge on any atom is -0.387 e. The van der Waals surface area contributed by atoms with E-state index in [2.05, 4.69) is 5.32 Å². The van der Waals surface area contributed by atoms with E-state index in [1.807, 2.05) is 6.07 Å². The Balaban J connectivity index is 1.99. The second-order valence-corrected chi connectivity index (χ2v) is 5.05. The van der Waals surface area contributed by atoms with E-state index in [-0.39, 0.29) is 24.0 Å². The van der Waals surface area contributed by atoms with Crippen LogP contribution in [0.2, 0.25) is 0 Å². The maximum Gasteiger partial charge on any atom is 0.129 e. The Labute approximate surface area is 127 Å². The fourth-order valence-electron chi connectivity index (χ4n) is 2.15. The molecule has 0 bridgehead atoms. The van der Waals surface area contributed by atoms with Crippen molar-refractivity contribution < 1.29 is 13.9 Å². The number of halogens is 2. The molecule has 114 valence electrons. The van der Waals surface area contributed by atoms with E-state index in [1.54, 1.807) is 19.1 Å². The van der Waals surface area contributed by atoms with Crippen LogP contribution in [0.25, 0.3) is 0 Å². The Bertz CT molecular complexity index is 680. The molecule has 0 aliphatic carbocycles. The van der Waals surface area contributed by atoms with Crippen molar-refractivity contribution in [2.75, 3.05) is 6.54 Å². The second-order valence-electron chi connectivity index (χ2n) is 5.05. The van der Waals surface area contributed by atoms with Crippen molar-refractivity contribution >= 4 is 0 Å². The maximum absolute atomic E-state index is 13.9. The molecule has 2 aromatic rings. The van der Waals surface area contributed by atoms with Gasteiger partial charge in [0.05, 0.1) is 17.7 Å². The zero-order chi connectivity index (χ0) is 16.1. The summed E-state index contributed by atoms with van der Waals surface area (Å²) in [5.41, 5.74) is 1.27. The van der Waals surface area contributed by atoms with Crippen molar-refractivity contribution in [1.82, 2.24) is 5.32 Å². The SMILES string of the molecule is CC(NCC(O)c1ccc(F)cc1)c1ccc(C#N)cc1F. The van der Waals surface area contributed by atoms with E-state index in [0.29, 0.717) is 11.1 Å². The van der Waals surface area contributed by atoms with Gasteiger partial charge in [0, 0.05) is 18.2 Å². The van der Waals surface area contributed by atoms with Crippen LogP contribution in [0.3, 0.4) is 0 Å². The molecule has 2 N–H and O–H groups in total. The molecule has 0 radical (unpaired) electrons. The highest BCUT2D eigenvalue weighted by atomic mass is 19.1. The molecule has 0 heterocycles. The van der Waals surface area contributed by atoms with Crippen molar-refractivity contribution in [3.05, 3.63) is 70.8 Å². The van der Waals surface area contributed by atoms with E-state index >= 15 is 0 Å². The largest absolute Gasteiger partial charge is 0.387 e. The third-order valence-electron chi connectivity index (χ3n) is 3.47. The van der Waals surface area contributed by atoms with Gasteiger partial charge in [-0.25, -0.2) is 8.78 Å². The van der Waals surface area contributed by atoms with Crippen LogP contribution in [0.1, 0.15) is 35.8 Å². The summed E-state index contributed by atoms with van der Waals surface area (Å²) in [4.78, 5) is 0. The predicted molar refractivity (Wildman–Crippen MR) is 78.9 cm³/mol. The molecule has 5 heteroatoms. The Morgan fingerprint density at radius 2 is 1.86 bits per heavy atom. The van der Waals surface area contributed by atoms with E-state index < -0.39 is 11.9 Å². The van der Waals surface area contributed by atoms with Gasteiger partial charge in [-0.3, -0.25) is 0 Å². The molecule has 0 aliphatic rings. The van der Waals surface area contributed by atoms with Gasteiger partial charge in [0.25, 0.3) is 0 Å². The van der Waals surface area contributed by atoms with Crippen LogP contribution in [0.4, 0.5) is 8.78 Å². The van der Waals surface area contributed by atoms with Gasteiger partial charge in [-0.1, -0.05) is 18.2 Å². The highest BCUT2D eigenvalue weighted by Crippen LogP contribution is 2.19. The highest BCUT2D eigenvalue weighted by molar-refractivity contribution is 5.34. The van der Waals surface area contributed by atoms with Gasteiger partial charge in [-0.05, 0) is 36.8 Å². The molecule has 0 fully saturated rings. The minimum atomic E-state index is -0.815. The number of hydrogen-bond donors (Lipinski definition) is 2. The van der Waals surface area contributed by atoms with Crippen molar-refractivity contribution in [2.24, 2.45) is 0 Å². The number of aliphatic hydroxyl groups excluding tert-OH is 1. The van der Waals surface area contributed by atoms with Gasteiger partial charge in [0.2, 0.25) is 0 Å². The predicted octanol–water partition coefficient (Wildman–Crippen LogP) is 3.22. The van der Waals surface area contributed by atoms with Gasteiger partial charge in [-0.2, -0.15) is 5.26 Å². The minimum absolute atomic E-state index is 0.201. The fraction of sp³-hybridized carbons (Fsp3) is 0.235. The maximum atomic E-state index is 13.9. The molecular formula is C17H16F2N2O. The number of aliphatic hydroxyl groups is 1. The number of rotatable bonds is 5. The average Bonchev–Trinajstić information content (AvgIpc) is 2.52. The summed E-state index contributed by atoms with van der Waals surface area (Å²) < 4.78 is 26.7. The van der Waals surface area contributed by atoms with Gasteiger partial charge in [-0.15, -0.1) is 0 Å². The summed E-state index contributed by atoms with van der Waals surface area (Å²) in [5, 5.41) is 21.8. The Morgan fingerprint density at radius 3 is 2.45 bits per heavy atom. The second kappa shape index (κ2) is 7.12.